The number of hydrogen-bond donors (Lipinski definition) is 2. The van der Waals surface area contributed by atoms with Gasteiger partial charge >= 0.3 is 0 Å². The minimum absolute atomic E-state index is 0.0750. The maximum atomic E-state index is 11.4. The van der Waals surface area contributed by atoms with Crippen LogP contribution in [0.4, 0.5) is 0 Å². The molecule has 3 N–H and O–H groups in total. The van der Waals surface area contributed by atoms with Gasteiger partial charge in [0.1, 0.15) is 0 Å². The van der Waals surface area contributed by atoms with Gasteiger partial charge in [-0.2, -0.15) is 0 Å². The first-order valence-electron chi connectivity index (χ1n) is 6.51. The van der Waals surface area contributed by atoms with Gasteiger partial charge in [0.15, 0.2) is 0 Å². The van der Waals surface area contributed by atoms with E-state index >= 15 is 0 Å². The number of hydrogen-bond acceptors (Lipinski definition) is 4. The van der Waals surface area contributed by atoms with Crippen LogP contribution < -0.4 is 11.1 Å². The molecule has 1 amide bonds. The van der Waals surface area contributed by atoms with Gasteiger partial charge < -0.3 is 11.1 Å². The van der Waals surface area contributed by atoms with Gasteiger partial charge in [0.2, 0.25) is 5.91 Å². The fraction of sp³-hybridized carbons (Fsp3) is 0.917. The quantitative estimate of drug-likeness (QED) is 0.681. The van der Waals surface area contributed by atoms with Gasteiger partial charge in [0, 0.05) is 51.7 Å². The van der Waals surface area contributed by atoms with E-state index in [1.54, 1.807) is 7.05 Å². The molecule has 0 aromatic rings. The summed E-state index contributed by atoms with van der Waals surface area (Å²) in [7, 11) is 1.67. The molecule has 0 aromatic heterocycles. The van der Waals surface area contributed by atoms with E-state index in [4.69, 9.17) is 5.73 Å². The molecular weight excluding hydrogens is 216 g/mol. The molecule has 0 aliphatic carbocycles. The SMILES string of the molecule is CCN1CCN(C(CN)CC(=O)NC)CC1C. The fourth-order valence-electron chi connectivity index (χ4n) is 2.50. The molecule has 2 atom stereocenters. The van der Waals surface area contributed by atoms with Crippen LogP contribution in [0.1, 0.15) is 20.3 Å². The zero-order valence-corrected chi connectivity index (χ0v) is 11.3. The Bertz CT molecular complexity index is 247. The van der Waals surface area contributed by atoms with E-state index in [1.165, 1.54) is 0 Å². The van der Waals surface area contributed by atoms with Crippen molar-refractivity contribution in [2.75, 3.05) is 39.8 Å². The van der Waals surface area contributed by atoms with Crippen LogP contribution in [0.2, 0.25) is 0 Å². The lowest BCUT2D eigenvalue weighted by atomic mass is 10.1. The van der Waals surface area contributed by atoms with Crippen LogP contribution in [0.5, 0.6) is 0 Å². The number of nitrogens with two attached hydrogens (primary N) is 1. The smallest absolute Gasteiger partial charge is 0.221 e. The molecular formula is C12H26N4O. The maximum Gasteiger partial charge on any atom is 0.221 e. The number of amides is 1. The number of likely N-dealkylation sites (N-methyl/N-ethyl adjacent to an activating group) is 1. The van der Waals surface area contributed by atoms with E-state index in [0.717, 1.165) is 26.2 Å². The fourth-order valence-corrected chi connectivity index (χ4v) is 2.50. The highest BCUT2D eigenvalue weighted by Crippen LogP contribution is 2.13. The van der Waals surface area contributed by atoms with E-state index in [0.29, 0.717) is 19.0 Å². The molecule has 2 unspecified atom stereocenters. The van der Waals surface area contributed by atoms with Crippen LogP contribution in [-0.4, -0.2) is 67.6 Å². The average molecular weight is 242 g/mol. The van der Waals surface area contributed by atoms with Crippen molar-refractivity contribution in [3.8, 4) is 0 Å². The van der Waals surface area contributed by atoms with Gasteiger partial charge in [-0.05, 0) is 13.5 Å². The molecule has 1 aliphatic rings. The molecule has 1 aliphatic heterocycles. The average Bonchev–Trinajstić information content (AvgIpc) is 2.35. The first kappa shape index (κ1) is 14.4. The molecule has 5 nitrogen and oxygen atoms in total. The lowest BCUT2D eigenvalue weighted by Gasteiger charge is -2.42. The Hall–Kier alpha value is -0.650. The number of piperazine rings is 1. The number of nitrogens with one attached hydrogen (secondary N) is 1. The zero-order valence-electron chi connectivity index (χ0n) is 11.3. The summed E-state index contributed by atoms with van der Waals surface area (Å²) >= 11 is 0. The highest BCUT2D eigenvalue weighted by molar-refractivity contribution is 5.76. The van der Waals surface area contributed by atoms with Crippen LogP contribution in [0.15, 0.2) is 0 Å². The van der Waals surface area contributed by atoms with Crippen molar-refractivity contribution >= 4 is 5.91 Å². The summed E-state index contributed by atoms with van der Waals surface area (Å²) < 4.78 is 0. The van der Waals surface area contributed by atoms with Gasteiger partial charge in [-0.3, -0.25) is 14.6 Å². The molecule has 0 spiro atoms. The number of rotatable bonds is 5. The van der Waals surface area contributed by atoms with E-state index in [-0.39, 0.29) is 11.9 Å². The third-order valence-corrected chi connectivity index (χ3v) is 3.69. The molecule has 1 heterocycles. The van der Waals surface area contributed by atoms with Gasteiger partial charge in [0.05, 0.1) is 0 Å². The van der Waals surface area contributed by atoms with Crippen molar-refractivity contribution < 1.29 is 4.79 Å². The Morgan fingerprint density at radius 2 is 2.24 bits per heavy atom. The van der Waals surface area contributed by atoms with E-state index < -0.39 is 0 Å². The zero-order chi connectivity index (χ0) is 12.8. The number of carbonyl (C=O) groups excluding carboxylic acids is 1. The van der Waals surface area contributed by atoms with Crippen molar-refractivity contribution in [1.82, 2.24) is 15.1 Å². The lowest BCUT2D eigenvalue weighted by Crippen LogP contribution is -2.56. The Morgan fingerprint density at radius 3 is 2.71 bits per heavy atom. The van der Waals surface area contributed by atoms with Crippen molar-refractivity contribution in [2.24, 2.45) is 5.73 Å². The number of nitrogens with zero attached hydrogens (tertiary/aromatic N) is 2. The van der Waals surface area contributed by atoms with Gasteiger partial charge in [-0.1, -0.05) is 6.92 Å². The largest absolute Gasteiger partial charge is 0.359 e. The molecule has 0 bridgehead atoms. The predicted molar refractivity (Wildman–Crippen MR) is 69.8 cm³/mol. The lowest BCUT2D eigenvalue weighted by molar-refractivity contribution is -0.122. The monoisotopic (exact) mass is 242 g/mol. The third-order valence-electron chi connectivity index (χ3n) is 3.69. The molecule has 0 aromatic carbocycles. The Labute approximate surface area is 104 Å². The summed E-state index contributed by atoms with van der Waals surface area (Å²) in [6.07, 6.45) is 0.506. The summed E-state index contributed by atoms with van der Waals surface area (Å²) in [5, 5.41) is 2.67. The summed E-state index contributed by atoms with van der Waals surface area (Å²) in [6, 6.07) is 0.726. The standard InChI is InChI=1S/C12H26N4O/c1-4-15-5-6-16(9-10(15)2)11(8-13)7-12(17)14-3/h10-11H,4-9,13H2,1-3H3,(H,14,17). The molecule has 1 fully saturated rings. The van der Waals surface area contributed by atoms with Crippen LogP contribution in [0, 0.1) is 0 Å². The van der Waals surface area contributed by atoms with Crippen molar-refractivity contribution in [1.29, 1.82) is 0 Å². The third kappa shape index (κ3) is 3.94. The van der Waals surface area contributed by atoms with Crippen molar-refractivity contribution in [3.63, 3.8) is 0 Å². The maximum absolute atomic E-state index is 11.4. The normalized spacial score (nSPS) is 24.6. The second kappa shape index (κ2) is 6.93. The highest BCUT2D eigenvalue weighted by atomic mass is 16.1. The molecule has 1 rings (SSSR count). The second-order valence-electron chi connectivity index (χ2n) is 4.74. The predicted octanol–water partition coefficient (Wildman–Crippen LogP) is -0.524. The Morgan fingerprint density at radius 1 is 1.53 bits per heavy atom. The molecule has 100 valence electrons. The van der Waals surface area contributed by atoms with Crippen LogP contribution in [0.25, 0.3) is 0 Å². The first-order valence-corrected chi connectivity index (χ1v) is 6.51. The summed E-state index contributed by atoms with van der Waals surface area (Å²) in [4.78, 5) is 16.2. The van der Waals surface area contributed by atoms with Crippen molar-refractivity contribution in [3.05, 3.63) is 0 Å². The van der Waals surface area contributed by atoms with Crippen LogP contribution >= 0.6 is 0 Å². The molecule has 0 saturated carbocycles. The second-order valence-corrected chi connectivity index (χ2v) is 4.74. The molecule has 1 saturated heterocycles. The highest BCUT2D eigenvalue weighted by Gasteiger charge is 2.27. The summed E-state index contributed by atoms with van der Waals surface area (Å²) in [5.41, 5.74) is 5.78. The van der Waals surface area contributed by atoms with Gasteiger partial charge in [-0.25, -0.2) is 0 Å². The Balaban J connectivity index is 2.51. The first-order chi connectivity index (χ1) is 8.12. The molecule has 17 heavy (non-hydrogen) atoms. The topological polar surface area (TPSA) is 61.6 Å². The summed E-state index contributed by atoms with van der Waals surface area (Å²) in [5.74, 6) is 0.0750. The minimum Gasteiger partial charge on any atom is -0.359 e. The molecule has 0 radical (unpaired) electrons. The van der Waals surface area contributed by atoms with E-state index in [1.807, 2.05) is 0 Å². The van der Waals surface area contributed by atoms with E-state index in [9.17, 15) is 4.79 Å². The minimum atomic E-state index is 0.0750. The van der Waals surface area contributed by atoms with Crippen LogP contribution in [0.3, 0.4) is 0 Å². The molecule has 5 heteroatoms. The van der Waals surface area contributed by atoms with Gasteiger partial charge in [0.25, 0.3) is 0 Å². The Kier molecular flexibility index (Phi) is 5.88. The van der Waals surface area contributed by atoms with Crippen LogP contribution in [-0.2, 0) is 4.79 Å². The number of carbonyl (C=O) groups is 1. The summed E-state index contributed by atoms with van der Waals surface area (Å²) in [6.45, 7) is 9.16. The van der Waals surface area contributed by atoms with Gasteiger partial charge in [-0.15, -0.1) is 0 Å². The van der Waals surface area contributed by atoms with Crippen molar-refractivity contribution in [2.45, 2.75) is 32.4 Å². The van der Waals surface area contributed by atoms with E-state index in [2.05, 4.69) is 29.0 Å².